The molecule has 2 heterocycles. The highest BCUT2D eigenvalue weighted by Gasteiger charge is 2.32. The van der Waals surface area contributed by atoms with E-state index in [9.17, 15) is 22.8 Å². The normalized spacial score (nSPS) is 13.6. The fraction of sp³-hybridized carbons (Fsp3) is 0.296. The third-order valence-corrected chi connectivity index (χ3v) is 5.94. The van der Waals surface area contributed by atoms with Crippen molar-refractivity contribution >= 4 is 23.2 Å². The van der Waals surface area contributed by atoms with E-state index in [2.05, 4.69) is 15.6 Å². The van der Waals surface area contributed by atoms with Gasteiger partial charge in [0.2, 0.25) is 5.91 Å². The Kier molecular flexibility index (Phi) is 8.47. The number of amides is 2. The van der Waals surface area contributed by atoms with Crippen molar-refractivity contribution in [1.82, 2.24) is 10.3 Å². The summed E-state index contributed by atoms with van der Waals surface area (Å²) in [5.41, 5.74) is 0.920. The Morgan fingerprint density at radius 1 is 1.03 bits per heavy atom. The minimum absolute atomic E-state index is 0.0822. The number of aromatic nitrogens is 1. The number of carbonyl (C=O) groups is 2. The van der Waals surface area contributed by atoms with Crippen LogP contribution in [0.3, 0.4) is 0 Å². The number of halogens is 3. The van der Waals surface area contributed by atoms with Gasteiger partial charge in [0, 0.05) is 38.8 Å². The zero-order valence-corrected chi connectivity index (χ0v) is 20.7. The molecular formula is C27H27F3N4O4. The Labute approximate surface area is 217 Å². The third kappa shape index (κ3) is 7.00. The molecule has 8 nitrogen and oxygen atoms in total. The SMILES string of the molecule is CNC(=O)c1cc(Oc2ccc(CCC(=O)Nc3cc(C(F)(F)F)ccc3N3CCOCC3)cc2)ccn1. The molecule has 0 radical (unpaired) electrons. The van der Waals surface area contributed by atoms with Crippen molar-refractivity contribution in [3.05, 3.63) is 77.6 Å². The van der Waals surface area contributed by atoms with Gasteiger partial charge >= 0.3 is 6.18 Å². The summed E-state index contributed by atoms with van der Waals surface area (Å²) in [5.74, 6) is 0.262. The third-order valence-electron chi connectivity index (χ3n) is 5.94. The van der Waals surface area contributed by atoms with Gasteiger partial charge in [0.25, 0.3) is 5.91 Å². The molecule has 200 valence electrons. The molecule has 2 aromatic carbocycles. The van der Waals surface area contributed by atoms with Crippen LogP contribution in [0.5, 0.6) is 11.5 Å². The van der Waals surface area contributed by atoms with E-state index in [1.54, 1.807) is 30.3 Å². The maximum Gasteiger partial charge on any atom is 0.416 e. The van der Waals surface area contributed by atoms with Gasteiger partial charge in [0.15, 0.2) is 0 Å². The summed E-state index contributed by atoms with van der Waals surface area (Å²) in [6.07, 6.45) is -2.58. The largest absolute Gasteiger partial charge is 0.457 e. The van der Waals surface area contributed by atoms with Gasteiger partial charge in [-0.2, -0.15) is 13.2 Å². The van der Waals surface area contributed by atoms with Gasteiger partial charge in [-0.3, -0.25) is 14.6 Å². The number of nitrogens with one attached hydrogen (secondary N) is 2. The van der Waals surface area contributed by atoms with Gasteiger partial charge in [0.05, 0.1) is 30.2 Å². The van der Waals surface area contributed by atoms with Crippen molar-refractivity contribution < 1.29 is 32.2 Å². The van der Waals surface area contributed by atoms with Crippen molar-refractivity contribution in [1.29, 1.82) is 0 Å². The van der Waals surface area contributed by atoms with Crippen LogP contribution in [0, 0.1) is 0 Å². The molecule has 0 unspecified atom stereocenters. The molecule has 2 N–H and O–H groups in total. The van der Waals surface area contributed by atoms with Crippen LogP contribution in [0.2, 0.25) is 0 Å². The first-order valence-corrected chi connectivity index (χ1v) is 12.0. The van der Waals surface area contributed by atoms with Gasteiger partial charge in [-0.05, 0) is 48.4 Å². The molecule has 1 saturated heterocycles. The Bertz CT molecular complexity index is 1280. The molecule has 0 atom stereocenters. The lowest BCUT2D eigenvalue weighted by Crippen LogP contribution is -2.36. The minimum Gasteiger partial charge on any atom is -0.457 e. The van der Waals surface area contributed by atoms with E-state index >= 15 is 0 Å². The van der Waals surface area contributed by atoms with Crippen molar-refractivity contribution in [3.8, 4) is 11.5 Å². The molecule has 4 rings (SSSR count). The van der Waals surface area contributed by atoms with Gasteiger partial charge in [0.1, 0.15) is 17.2 Å². The highest BCUT2D eigenvalue weighted by atomic mass is 19.4. The quantitative estimate of drug-likeness (QED) is 0.442. The van der Waals surface area contributed by atoms with Crippen LogP contribution < -0.4 is 20.3 Å². The second-order valence-electron chi connectivity index (χ2n) is 8.58. The maximum absolute atomic E-state index is 13.3. The van der Waals surface area contributed by atoms with E-state index in [4.69, 9.17) is 9.47 Å². The summed E-state index contributed by atoms with van der Waals surface area (Å²) in [4.78, 5) is 30.3. The summed E-state index contributed by atoms with van der Waals surface area (Å²) in [5, 5.41) is 5.17. The van der Waals surface area contributed by atoms with Crippen LogP contribution in [0.25, 0.3) is 0 Å². The summed E-state index contributed by atoms with van der Waals surface area (Å²) >= 11 is 0. The summed E-state index contributed by atoms with van der Waals surface area (Å²) < 4.78 is 51.0. The number of anilines is 2. The number of alkyl halides is 3. The van der Waals surface area contributed by atoms with E-state index in [1.165, 1.54) is 25.4 Å². The molecule has 38 heavy (non-hydrogen) atoms. The Morgan fingerprint density at radius 2 is 1.76 bits per heavy atom. The monoisotopic (exact) mass is 528 g/mol. The number of benzene rings is 2. The average Bonchev–Trinajstić information content (AvgIpc) is 2.92. The van der Waals surface area contributed by atoms with Gasteiger partial charge in [-0.25, -0.2) is 0 Å². The number of carbonyl (C=O) groups excluding carboxylic acids is 2. The van der Waals surface area contributed by atoms with Crippen LogP contribution in [0.4, 0.5) is 24.5 Å². The van der Waals surface area contributed by atoms with Crippen LogP contribution in [-0.4, -0.2) is 50.1 Å². The highest BCUT2D eigenvalue weighted by molar-refractivity contribution is 5.95. The molecule has 0 saturated carbocycles. The molecule has 1 aliphatic heterocycles. The van der Waals surface area contributed by atoms with E-state index in [1.807, 2.05) is 4.90 Å². The molecule has 1 aliphatic rings. The lowest BCUT2D eigenvalue weighted by atomic mass is 10.1. The number of hydrogen-bond acceptors (Lipinski definition) is 6. The minimum atomic E-state index is -4.52. The summed E-state index contributed by atoms with van der Waals surface area (Å²) in [6.45, 7) is 1.97. The fourth-order valence-corrected chi connectivity index (χ4v) is 3.95. The Balaban J connectivity index is 1.38. The summed E-state index contributed by atoms with van der Waals surface area (Å²) in [7, 11) is 1.51. The number of rotatable bonds is 8. The topological polar surface area (TPSA) is 92.8 Å². The number of aryl methyl sites for hydroxylation is 1. The van der Waals surface area contributed by atoms with E-state index < -0.39 is 17.6 Å². The van der Waals surface area contributed by atoms with Crippen molar-refractivity contribution in [2.45, 2.75) is 19.0 Å². The molecule has 1 fully saturated rings. The molecule has 1 aromatic heterocycles. The van der Waals surface area contributed by atoms with E-state index in [-0.39, 0.29) is 23.7 Å². The van der Waals surface area contributed by atoms with Crippen molar-refractivity contribution in [2.24, 2.45) is 0 Å². The molecule has 11 heteroatoms. The van der Waals surface area contributed by atoms with Crippen LogP contribution >= 0.6 is 0 Å². The van der Waals surface area contributed by atoms with Gasteiger partial charge < -0.3 is 25.0 Å². The smallest absolute Gasteiger partial charge is 0.416 e. The van der Waals surface area contributed by atoms with Crippen LogP contribution in [-0.2, 0) is 22.1 Å². The number of nitrogens with zero attached hydrogens (tertiary/aromatic N) is 2. The van der Waals surface area contributed by atoms with Crippen LogP contribution in [0.1, 0.15) is 28.0 Å². The van der Waals surface area contributed by atoms with Crippen molar-refractivity contribution in [2.75, 3.05) is 43.6 Å². The molecule has 0 bridgehead atoms. The fourth-order valence-electron chi connectivity index (χ4n) is 3.95. The maximum atomic E-state index is 13.3. The lowest BCUT2D eigenvalue weighted by Gasteiger charge is -2.31. The van der Waals surface area contributed by atoms with E-state index in [0.717, 1.165) is 17.7 Å². The molecule has 0 spiro atoms. The number of ether oxygens (including phenoxy) is 2. The Hall–Kier alpha value is -4.12. The number of pyridine rings is 1. The number of hydrogen-bond donors (Lipinski definition) is 2. The second-order valence-corrected chi connectivity index (χ2v) is 8.58. The van der Waals surface area contributed by atoms with Crippen molar-refractivity contribution in [3.63, 3.8) is 0 Å². The molecule has 2 amide bonds. The first-order chi connectivity index (χ1) is 18.2. The first kappa shape index (κ1) is 26.9. The first-order valence-electron chi connectivity index (χ1n) is 12.0. The van der Waals surface area contributed by atoms with E-state index in [0.29, 0.717) is 49.9 Å². The second kappa shape index (κ2) is 12.0. The molecule has 0 aliphatic carbocycles. The average molecular weight is 529 g/mol. The Morgan fingerprint density at radius 3 is 2.45 bits per heavy atom. The molecule has 3 aromatic rings. The zero-order valence-electron chi connectivity index (χ0n) is 20.7. The lowest BCUT2D eigenvalue weighted by molar-refractivity contribution is -0.137. The van der Waals surface area contributed by atoms with Gasteiger partial charge in [-0.1, -0.05) is 12.1 Å². The number of morpholine rings is 1. The highest BCUT2D eigenvalue weighted by Crippen LogP contribution is 2.36. The standard InChI is InChI=1S/C27H27F3N4O4/c1-31-26(36)23-17-21(10-11-32-23)38-20-6-2-18(3-7-20)4-9-25(35)33-22-16-19(27(28,29)30)5-8-24(22)34-12-14-37-15-13-34/h2-3,5-8,10-11,16-17H,4,9,12-15H2,1H3,(H,31,36)(H,33,35). The predicted octanol–water partition coefficient (Wildman–Crippen LogP) is 4.66. The zero-order chi connectivity index (χ0) is 27.1. The molecular weight excluding hydrogens is 501 g/mol. The summed E-state index contributed by atoms with van der Waals surface area (Å²) in [6, 6.07) is 13.6. The predicted molar refractivity (Wildman–Crippen MR) is 136 cm³/mol. The van der Waals surface area contributed by atoms with Crippen LogP contribution in [0.15, 0.2) is 60.8 Å². The van der Waals surface area contributed by atoms with Gasteiger partial charge in [-0.15, -0.1) is 0 Å².